The van der Waals surface area contributed by atoms with Crippen molar-refractivity contribution in [3.05, 3.63) is 20.8 Å². The van der Waals surface area contributed by atoms with E-state index in [1.165, 1.54) is 35.2 Å². The van der Waals surface area contributed by atoms with E-state index in [9.17, 15) is 0 Å². The zero-order chi connectivity index (χ0) is 11.4. The van der Waals surface area contributed by atoms with Crippen molar-refractivity contribution in [1.82, 2.24) is 4.90 Å². The number of rotatable bonds is 4. The fraction of sp³-hybridized carbons (Fsp3) is 0.667. The summed E-state index contributed by atoms with van der Waals surface area (Å²) in [6.07, 6.45) is 5.17. The lowest BCUT2D eigenvalue weighted by molar-refractivity contribution is 0.135. The van der Waals surface area contributed by atoms with Crippen LogP contribution in [0.15, 0.2) is 15.9 Å². The standard InChI is InChI=1S/C12H19BrN2S/c13-11-5-8-16-12(11)9-15-7-2-1-3-10(15)4-6-14/h5,8,10H,1-4,6-7,9,14H2. The van der Waals surface area contributed by atoms with Crippen molar-refractivity contribution in [3.8, 4) is 0 Å². The van der Waals surface area contributed by atoms with E-state index in [0.29, 0.717) is 6.04 Å². The number of nitrogens with two attached hydrogens (primary N) is 1. The number of nitrogens with zero attached hydrogens (tertiary/aromatic N) is 1. The molecule has 1 aromatic heterocycles. The molecule has 1 unspecified atom stereocenters. The Kier molecular flexibility index (Phi) is 4.82. The van der Waals surface area contributed by atoms with Gasteiger partial charge in [0.1, 0.15) is 0 Å². The minimum absolute atomic E-state index is 0.702. The van der Waals surface area contributed by atoms with Gasteiger partial charge in [0.05, 0.1) is 0 Å². The number of thiophene rings is 1. The molecule has 0 aromatic carbocycles. The smallest absolute Gasteiger partial charge is 0.0342 e. The van der Waals surface area contributed by atoms with Crippen LogP contribution in [0.4, 0.5) is 0 Å². The molecular weight excluding hydrogens is 284 g/mol. The molecule has 0 saturated carbocycles. The Bertz CT molecular complexity index is 325. The van der Waals surface area contributed by atoms with Crippen molar-refractivity contribution in [2.24, 2.45) is 5.73 Å². The lowest BCUT2D eigenvalue weighted by atomic mass is 9.99. The predicted octanol–water partition coefficient (Wildman–Crippen LogP) is 3.21. The SMILES string of the molecule is NCCC1CCCCN1Cc1sccc1Br. The molecule has 16 heavy (non-hydrogen) atoms. The third-order valence-electron chi connectivity index (χ3n) is 3.29. The summed E-state index contributed by atoms with van der Waals surface area (Å²) in [5.74, 6) is 0. The highest BCUT2D eigenvalue weighted by atomic mass is 79.9. The average molecular weight is 303 g/mol. The molecule has 2 nitrogen and oxygen atoms in total. The van der Waals surface area contributed by atoms with Gasteiger partial charge in [0.15, 0.2) is 0 Å². The van der Waals surface area contributed by atoms with E-state index in [0.717, 1.165) is 19.5 Å². The molecule has 1 fully saturated rings. The zero-order valence-corrected chi connectivity index (χ0v) is 11.9. The molecule has 90 valence electrons. The molecule has 1 aromatic rings. The van der Waals surface area contributed by atoms with Crippen LogP contribution in [-0.2, 0) is 6.54 Å². The van der Waals surface area contributed by atoms with Gasteiger partial charge < -0.3 is 5.73 Å². The van der Waals surface area contributed by atoms with Crippen LogP contribution in [0.2, 0.25) is 0 Å². The maximum absolute atomic E-state index is 5.69. The van der Waals surface area contributed by atoms with Gasteiger partial charge in [-0.15, -0.1) is 11.3 Å². The molecule has 1 aliphatic rings. The Morgan fingerprint density at radius 3 is 3.06 bits per heavy atom. The van der Waals surface area contributed by atoms with Gasteiger partial charge in [0, 0.05) is 21.9 Å². The Morgan fingerprint density at radius 2 is 2.38 bits per heavy atom. The van der Waals surface area contributed by atoms with E-state index >= 15 is 0 Å². The lowest BCUT2D eigenvalue weighted by Gasteiger charge is -2.35. The number of halogens is 1. The topological polar surface area (TPSA) is 29.3 Å². The first kappa shape index (κ1) is 12.6. The third kappa shape index (κ3) is 3.06. The van der Waals surface area contributed by atoms with E-state index < -0.39 is 0 Å². The minimum Gasteiger partial charge on any atom is -0.330 e. The van der Waals surface area contributed by atoms with Crippen molar-refractivity contribution < 1.29 is 0 Å². The van der Waals surface area contributed by atoms with Crippen LogP contribution in [0.1, 0.15) is 30.6 Å². The van der Waals surface area contributed by atoms with Crippen molar-refractivity contribution in [1.29, 1.82) is 0 Å². The lowest BCUT2D eigenvalue weighted by Crippen LogP contribution is -2.39. The van der Waals surface area contributed by atoms with Gasteiger partial charge in [-0.25, -0.2) is 0 Å². The summed E-state index contributed by atoms with van der Waals surface area (Å²) in [5.41, 5.74) is 5.69. The van der Waals surface area contributed by atoms with Crippen LogP contribution >= 0.6 is 27.3 Å². The fourth-order valence-corrected chi connectivity index (χ4v) is 3.91. The summed E-state index contributed by atoms with van der Waals surface area (Å²) in [6, 6.07) is 2.84. The summed E-state index contributed by atoms with van der Waals surface area (Å²) >= 11 is 5.45. The van der Waals surface area contributed by atoms with Crippen LogP contribution in [0.5, 0.6) is 0 Å². The molecule has 2 heterocycles. The summed E-state index contributed by atoms with van der Waals surface area (Å²) in [4.78, 5) is 4.05. The van der Waals surface area contributed by atoms with E-state index in [1.807, 2.05) is 11.3 Å². The first-order chi connectivity index (χ1) is 7.81. The maximum atomic E-state index is 5.69. The Hall–Kier alpha value is 0.100. The number of likely N-dealkylation sites (tertiary alicyclic amines) is 1. The van der Waals surface area contributed by atoms with Crippen LogP contribution in [-0.4, -0.2) is 24.0 Å². The molecule has 0 spiro atoms. The summed E-state index contributed by atoms with van der Waals surface area (Å²) in [6.45, 7) is 3.13. The minimum atomic E-state index is 0.702. The van der Waals surface area contributed by atoms with Gasteiger partial charge in [-0.05, 0) is 59.7 Å². The number of hydrogen-bond acceptors (Lipinski definition) is 3. The van der Waals surface area contributed by atoms with E-state index in [-0.39, 0.29) is 0 Å². The fourth-order valence-electron chi connectivity index (χ4n) is 2.41. The quantitative estimate of drug-likeness (QED) is 0.925. The molecule has 0 amide bonds. The third-order valence-corrected chi connectivity index (χ3v) is 5.20. The molecule has 0 aliphatic carbocycles. The molecule has 0 radical (unpaired) electrons. The molecule has 4 heteroatoms. The van der Waals surface area contributed by atoms with Gasteiger partial charge in [0.25, 0.3) is 0 Å². The van der Waals surface area contributed by atoms with Gasteiger partial charge in [-0.2, -0.15) is 0 Å². The Balaban J connectivity index is 1.98. The summed E-state index contributed by atoms with van der Waals surface area (Å²) in [7, 11) is 0. The predicted molar refractivity (Wildman–Crippen MR) is 73.7 cm³/mol. The highest BCUT2D eigenvalue weighted by Crippen LogP contribution is 2.28. The maximum Gasteiger partial charge on any atom is 0.0342 e. The van der Waals surface area contributed by atoms with Gasteiger partial charge in [-0.1, -0.05) is 6.42 Å². The number of hydrogen-bond donors (Lipinski definition) is 1. The molecule has 2 rings (SSSR count). The van der Waals surface area contributed by atoms with Crippen molar-refractivity contribution >= 4 is 27.3 Å². The van der Waals surface area contributed by atoms with Crippen molar-refractivity contribution in [2.75, 3.05) is 13.1 Å². The van der Waals surface area contributed by atoms with Crippen LogP contribution in [0, 0.1) is 0 Å². The molecule has 1 saturated heterocycles. The normalized spacial score (nSPS) is 22.5. The van der Waals surface area contributed by atoms with Crippen molar-refractivity contribution in [3.63, 3.8) is 0 Å². The van der Waals surface area contributed by atoms with Crippen LogP contribution in [0.25, 0.3) is 0 Å². The zero-order valence-electron chi connectivity index (χ0n) is 9.49. The highest BCUT2D eigenvalue weighted by molar-refractivity contribution is 9.10. The second-order valence-corrected chi connectivity index (χ2v) is 6.24. The molecule has 1 atom stereocenters. The van der Waals surface area contributed by atoms with Crippen molar-refractivity contribution in [2.45, 2.75) is 38.3 Å². The van der Waals surface area contributed by atoms with E-state index in [2.05, 4.69) is 32.3 Å². The molecule has 2 N–H and O–H groups in total. The second kappa shape index (κ2) is 6.15. The Morgan fingerprint density at radius 1 is 1.50 bits per heavy atom. The van der Waals surface area contributed by atoms with Crippen LogP contribution in [0.3, 0.4) is 0 Å². The highest BCUT2D eigenvalue weighted by Gasteiger charge is 2.22. The average Bonchev–Trinajstić information content (AvgIpc) is 2.68. The second-order valence-electron chi connectivity index (χ2n) is 4.39. The van der Waals surface area contributed by atoms with E-state index in [4.69, 9.17) is 5.73 Å². The van der Waals surface area contributed by atoms with Gasteiger partial charge in [0.2, 0.25) is 0 Å². The largest absolute Gasteiger partial charge is 0.330 e. The summed E-state index contributed by atoms with van der Waals surface area (Å²) in [5, 5.41) is 2.15. The van der Waals surface area contributed by atoms with Gasteiger partial charge >= 0.3 is 0 Å². The monoisotopic (exact) mass is 302 g/mol. The molecule has 1 aliphatic heterocycles. The first-order valence-electron chi connectivity index (χ1n) is 5.97. The van der Waals surface area contributed by atoms with E-state index in [1.54, 1.807) is 0 Å². The first-order valence-corrected chi connectivity index (χ1v) is 7.64. The summed E-state index contributed by atoms with van der Waals surface area (Å²) < 4.78 is 1.26. The van der Waals surface area contributed by atoms with Gasteiger partial charge in [-0.3, -0.25) is 4.90 Å². The van der Waals surface area contributed by atoms with Crippen LogP contribution < -0.4 is 5.73 Å². The molecule has 0 bridgehead atoms. The Labute approximate surface area is 110 Å². The molecular formula is C12H19BrN2S. The number of piperidine rings is 1.